The molecule has 0 aliphatic carbocycles. The highest BCUT2D eigenvalue weighted by atomic mass is 32.2. The Bertz CT molecular complexity index is 1020. The number of imidazole rings is 1. The van der Waals surface area contributed by atoms with Gasteiger partial charge in [-0.2, -0.15) is 0 Å². The molecule has 3 aromatic heterocycles. The summed E-state index contributed by atoms with van der Waals surface area (Å²) in [5.74, 6) is 1.55. The highest BCUT2D eigenvalue weighted by Gasteiger charge is 2.10. The number of hydrogen-bond donors (Lipinski definition) is 0. The van der Waals surface area contributed by atoms with Gasteiger partial charge in [0, 0.05) is 18.1 Å². The fraction of sp³-hybridized carbons (Fsp3) is 0.222. The normalized spacial score (nSPS) is 11.2. The second kappa shape index (κ2) is 7.17. The van der Waals surface area contributed by atoms with Crippen LogP contribution in [0.5, 0.6) is 5.75 Å². The number of hydrogen-bond acceptors (Lipinski definition) is 6. The van der Waals surface area contributed by atoms with E-state index in [0.29, 0.717) is 12.3 Å². The number of tetrazole rings is 1. The number of methoxy groups -OCH3 is 1. The van der Waals surface area contributed by atoms with Crippen LogP contribution >= 0.6 is 11.8 Å². The van der Waals surface area contributed by atoms with Gasteiger partial charge >= 0.3 is 0 Å². The Labute approximate surface area is 155 Å². The Morgan fingerprint density at radius 1 is 1.15 bits per heavy atom. The van der Waals surface area contributed by atoms with Gasteiger partial charge in [0.05, 0.1) is 19.3 Å². The van der Waals surface area contributed by atoms with Crippen LogP contribution in [0.2, 0.25) is 0 Å². The molecule has 0 bridgehead atoms. The zero-order chi connectivity index (χ0) is 17.9. The molecule has 7 nitrogen and oxygen atoms in total. The lowest BCUT2D eigenvalue weighted by atomic mass is 10.2. The van der Waals surface area contributed by atoms with Crippen molar-refractivity contribution in [1.82, 2.24) is 29.6 Å². The number of aromatic nitrogens is 6. The summed E-state index contributed by atoms with van der Waals surface area (Å²) in [7, 11) is 1.66. The van der Waals surface area contributed by atoms with E-state index < -0.39 is 0 Å². The monoisotopic (exact) mass is 366 g/mol. The summed E-state index contributed by atoms with van der Waals surface area (Å²) in [5.41, 5.74) is 4.26. The van der Waals surface area contributed by atoms with E-state index in [-0.39, 0.29) is 0 Å². The summed E-state index contributed by atoms with van der Waals surface area (Å²) in [6, 6.07) is 12.0. The van der Waals surface area contributed by atoms with Crippen LogP contribution in [-0.4, -0.2) is 36.7 Å². The lowest BCUT2D eigenvalue weighted by Crippen LogP contribution is -2.04. The lowest BCUT2D eigenvalue weighted by Gasteiger charge is -2.05. The molecule has 26 heavy (non-hydrogen) atoms. The summed E-state index contributed by atoms with van der Waals surface area (Å²) in [5, 5.41) is 12.8. The Kier molecular flexibility index (Phi) is 4.57. The standard InChI is InChI=1S/C18H18N6OS/c1-13-4-3-9-23-11-15(19-17(13)23)12-26-18-20-21-22-24(18)10-14-5-7-16(25-2)8-6-14/h3-9,11H,10,12H2,1-2H3. The van der Waals surface area contributed by atoms with Gasteiger partial charge in [-0.25, -0.2) is 9.67 Å². The minimum absolute atomic E-state index is 0.615. The molecular weight excluding hydrogens is 348 g/mol. The van der Waals surface area contributed by atoms with Crippen LogP contribution in [-0.2, 0) is 12.3 Å². The molecule has 0 saturated heterocycles. The largest absolute Gasteiger partial charge is 0.497 e. The molecule has 0 spiro atoms. The van der Waals surface area contributed by atoms with Crippen molar-refractivity contribution in [2.24, 2.45) is 0 Å². The first-order valence-corrected chi connectivity index (χ1v) is 9.16. The van der Waals surface area contributed by atoms with Gasteiger partial charge in [0.15, 0.2) is 0 Å². The third-order valence-corrected chi connectivity index (χ3v) is 5.06. The van der Waals surface area contributed by atoms with E-state index in [2.05, 4.69) is 28.5 Å². The first-order chi connectivity index (χ1) is 12.7. The van der Waals surface area contributed by atoms with Crippen LogP contribution in [0.25, 0.3) is 5.65 Å². The number of fused-ring (bicyclic) bond motifs is 1. The van der Waals surface area contributed by atoms with Crippen LogP contribution in [0, 0.1) is 6.92 Å². The van der Waals surface area contributed by atoms with E-state index in [0.717, 1.165) is 33.4 Å². The molecule has 0 amide bonds. The summed E-state index contributed by atoms with van der Waals surface area (Å²) in [6.07, 6.45) is 4.06. The molecule has 8 heteroatoms. The number of ether oxygens (including phenoxy) is 1. The minimum atomic E-state index is 0.615. The molecule has 0 atom stereocenters. The van der Waals surface area contributed by atoms with Gasteiger partial charge in [-0.3, -0.25) is 0 Å². The van der Waals surface area contributed by atoms with Crippen molar-refractivity contribution in [2.75, 3.05) is 7.11 Å². The van der Waals surface area contributed by atoms with Crippen LogP contribution in [0.15, 0.2) is 53.9 Å². The Morgan fingerprint density at radius 2 is 2.00 bits per heavy atom. The van der Waals surface area contributed by atoms with Crippen molar-refractivity contribution >= 4 is 17.4 Å². The zero-order valence-electron chi connectivity index (χ0n) is 14.5. The van der Waals surface area contributed by atoms with Crippen molar-refractivity contribution in [3.8, 4) is 5.75 Å². The van der Waals surface area contributed by atoms with E-state index in [1.54, 1.807) is 23.6 Å². The lowest BCUT2D eigenvalue weighted by molar-refractivity contribution is 0.414. The third-order valence-electron chi connectivity index (χ3n) is 4.07. The highest BCUT2D eigenvalue weighted by Crippen LogP contribution is 2.21. The van der Waals surface area contributed by atoms with Gasteiger partial charge in [-0.05, 0) is 46.7 Å². The van der Waals surface area contributed by atoms with E-state index in [4.69, 9.17) is 9.72 Å². The zero-order valence-corrected chi connectivity index (χ0v) is 15.3. The third kappa shape index (κ3) is 3.41. The molecule has 132 valence electrons. The molecule has 0 aliphatic rings. The molecule has 3 heterocycles. The molecule has 0 unspecified atom stereocenters. The molecule has 1 aromatic carbocycles. The summed E-state index contributed by atoms with van der Waals surface area (Å²) in [4.78, 5) is 4.69. The maximum Gasteiger partial charge on any atom is 0.210 e. The SMILES string of the molecule is COc1ccc(Cn2nnnc2SCc2cn3cccc(C)c3n2)cc1. The van der Waals surface area contributed by atoms with E-state index in [9.17, 15) is 0 Å². The van der Waals surface area contributed by atoms with Gasteiger partial charge in [0.2, 0.25) is 5.16 Å². The predicted octanol–water partition coefficient (Wildman–Crippen LogP) is 2.98. The summed E-state index contributed by atoms with van der Waals surface area (Å²) >= 11 is 1.58. The van der Waals surface area contributed by atoms with Crippen LogP contribution < -0.4 is 4.74 Å². The molecular formula is C18H18N6OS. The van der Waals surface area contributed by atoms with Crippen molar-refractivity contribution in [3.05, 3.63) is 65.6 Å². The van der Waals surface area contributed by atoms with E-state index in [1.807, 2.05) is 47.1 Å². The van der Waals surface area contributed by atoms with Crippen molar-refractivity contribution in [1.29, 1.82) is 0 Å². The van der Waals surface area contributed by atoms with Crippen LogP contribution in [0.1, 0.15) is 16.8 Å². The van der Waals surface area contributed by atoms with Crippen molar-refractivity contribution in [3.63, 3.8) is 0 Å². The molecule has 0 radical (unpaired) electrons. The van der Waals surface area contributed by atoms with Gasteiger partial charge in [-0.1, -0.05) is 30.0 Å². The first-order valence-electron chi connectivity index (χ1n) is 8.18. The van der Waals surface area contributed by atoms with Gasteiger partial charge < -0.3 is 9.14 Å². The number of aryl methyl sites for hydroxylation is 1. The van der Waals surface area contributed by atoms with Gasteiger partial charge in [-0.15, -0.1) is 5.10 Å². The average Bonchev–Trinajstić information content (AvgIpc) is 3.28. The minimum Gasteiger partial charge on any atom is -0.497 e. The second-order valence-corrected chi connectivity index (χ2v) is 6.85. The van der Waals surface area contributed by atoms with Crippen LogP contribution in [0.4, 0.5) is 0 Å². The fourth-order valence-corrected chi connectivity index (χ4v) is 3.48. The van der Waals surface area contributed by atoms with Crippen molar-refractivity contribution < 1.29 is 4.74 Å². The number of benzene rings is 1. The highest BCUT2D eigenvalue weighted by molar-refractivity contribution is 7.98. The smallest absolute Gasteiger partial charge is 0.210 e. The van der Waals surface area contributed by atoms with Crippen molar-refractivity contribution in [2.45, 2.75) is 24.4 Å². The number of pyridine rings is 1. The van der Waals surface area contributed by atoms with E-state index in [1.165, 1.54) is 0 Å². The predicted molar refractivity (Wildman–Crippen MR) is 99.4 cm³/mol. The number of nitrogens with zero attached hydrogens (tertiary/aromatic N) is 6. The quantitative estimate of drug-likeness (QED) is 0.489. The molecule has 0 aliphatic heterocycles. The number of thioether (sulfide) groups is 1. The topological polar surface area (TPSA) is 70.1 Å². The van der Waals surface area contributed by atoms with Gasteiger partial charge in [0.25, 0.3) is 0 Å². The van der Waals surface area contributed by atoms with Gasteiger partial charge in [0.1, 0.15) is 11.4 Å². The maximum atomic E-state index is 5.19. The molecule has 0 saturated carbocycles. The molecule has 0 N–H and O–H groups in total. The molecule has 4 rings (SSSR count). The Balaban J connectivity index is 1.47. The Hall–Kier alpha value is -2.87. The molecule has 0 fully saturated rings. The summed E-state index contributed by atoms with van der Waals surface area (Å²) < 4.78 is 9.04. The van der Waals surface area contributed by atoms with Crippen LogP contribution in [0.3, 0.4) is 0 Å². The fourth-order valence-electron chi connectivity index (χ4n) is 2.72. The Morgan fingerprint density at radius 3 is 2.77 bits per heavy atom. The maximum absolute atomic E-state index is 5.19. The molecule has 4 aromatic rings. The summed E-state index contributed by atoms with van der Waals surface area (Å²) in [6.45, 7) is 2.68. The average molecular weight is 366 g/mol. The van der Waals surface area contributed by atoms with E-state index >= 15 is 0 Å². The number of rotatable bonds is 6. The second-order valence-electron chi connectivity index (χ2n) is 5.91. The first kappa shape index (κ1) is 16.6.